The van der Waals surface area contributed by atoms with Gasteiger partial charge in [-0.05, 0) is 83.5 Å². The Bertz CT molecular complexity index is 1590. The van der Waals surface area contributed by atoms with E-state index in [2.05, 4.69) is 43.5 Å². The van der Waals surface area contributed by atoms with Crippen molar-refractivity contribution in [1.29, 1.82) is 0 Å². The first-order valence-electron chi connectivity index (χ1n) is 45.3. The van der Waals surface area contributed by atoms with Gasteiger partial charge >= 0.3 is 5.97 Å². The van der Waals surface area contributed by atoms with E-state index >= 15 is 0 Å². The van der Waals surface area contributed by atoms with Crippen molar-refractivity contribution in [3.05, 3.63) is 36.5 Å². The lowest BCUT2D eigenvalue weighted by Crippen LogP contribution is -2.45. The van der Waals surface area contributed by atoms with Crippen LogP contribution >= 0.6 is 0 Å². The average molecular weight is 1380 g/mol. The monoisotopic (exact) mass is 1380 g/mol. The molecular formula is C92H177NO5. The number of amides is 1. The molecule has 6 heteroatoms. The van der Waals surface area contributed by atoms with E-state index in [9.17, 15) is 19.8 Å². The maximum absolute atomic E-state index is 12.6. The summed E-state index contributed by atoms with van der Waals surface area (Å²) in [5, 5.41) is 23.3. The van der Waals surface area contributed by atoms with Gasteiger partial charge in [0.2, 0.25) is 5.91 Å². The standard InChI is InChI=1S/C92H177NO5/c1-3-5-7-9-11-13-15-17-19-21-23-24-25-43-46-49-52-56-60-64-68-72-76-80-84-90(95)89(88-94)93-91(96)85-81-77-73-69-65-61-57-53-50-47-44-41-39-37-35-33-31-29-27-26-28-30-32-34-36-38-40-42-45-48-51-55-59-63-67-71-75-79-83-87-98-92(97)86-82-78-74-70-66-62-58-54-22-20-18-16-14-12-10-8-6-4-2/h20,22,26-27,80,84,89-90,94-95H,3-19,21,23-25,28-79,81-83,85-88H2,1-2H3,(H,93,96)/b22-20-,27-26-,84-80+. The number of rotatable bonds is 86. The number of nitrogens with one attached hydrogen (secondary N) is 1. The third kappa shape index (κ3) is 83.0. The molecule has 0 aliphatic heterocycles. The van der Waals surface area contributed by atoms with E-state index < -0.39 is 12.1 Å². The summed E-state index contributed by atoms with van der Waals surface area (Å²) in [6, 6.07) is -0.626. The minimum absolute atomic E-state index is 0.0205. The third-order valence-corrected chi connectivity index (χ3v) is 21.4. The van der Waals surface area contributed by atoms with Crippen LogP contribution in [0.2, 0.25) is 0 Å². The van der Waals surface area contributed by atoms with Gasteiger partial charge in [-0.3, -0.25) is 9.59 Å². The molecule has 0 rings (SSSR count). The number of aliphatic hydroxyl groups is 2. The lowest BCUT2D eigenvalue weighted by atomic mass is 10.0. The normalized spacial score (nSPS) is 12.6. The summed E-state index contributed by atoms with van der Waals surface area (Å²) in [7, 11) is 0. The van der Waals surface area contributed by atoms with Crippen LogP contribution in [0.1, 0.15) is 515 Å². The SMILES string of the molecule is CCCCCCCCC/C=C\CCCCCCCCCC(=O)OCCCCCCCCCCCCCCCCCCCC/C=C\CCCCCCCCCCCCCCCCCCCC(=O)NC(CO)C(O)/C=C/CCCCCCCCCCCCCCCCCCCCCCCC. The van der Waals surface area contributed by atoms with Crippen molar-refractivity contribution >= 4 is 11.9 Å². The molecule has 0 aromatic carbocycles. The maximum Gasteiger partial charge on any atom is 0.305 e. The van der Waals surface area contributed by atoms with Crippen molar-refractivity contribution in [2.45, 2.75) is 527 Å². The van der Waals surface area contributed by atoms with Crippen molar-refractivity contribution in [3.8, 4) is 0 Å². The fourth-order valence-electron chi connectivity index (χ4n) is 14.5. The van der Waals surface area contributed by atoms with Crippen LogP contribution in [0.15, 0.2) is 36.5 Å². The number of allylic oxidation sites excluding steroid dienone is 5. The largest absolute Gasteiger partial charge is 0.466 e. The summed E-state index contributed by atoms with van der Waals surface area (Å²) in [4.78, 5) is 24.7. The highest BCUT2D eigenvalue weighted by molar-refractivity contribution is 5.76. The van der Waals surface area contributed by atoms with E-state index in [0.29, 0.717) is 19.4 Å². The Morgan fingerprint density at radius 3 is 0.724 bits per heavy atom. The van der Waals surface area contributed by atoms with Crippen molar-refractivity contribution in [2.24, 2.45) is 0 Å². The fraction of sp³-hybridized carbons (Fsp3) is 0.913. The first-order valence-corrected chi connectivity index (χ1v) is 45.3. The highest BCUT2D eigenvalue weighted by Crippen LogP contribution is 2.21. The van der Waals surface area contributed by atoms with Crippen molar-refractivity contribution in [2.75, 3.05) is 13.2 Å². The Morgan fingerprint density at radius 2 is 0.480 bits per heavy atom. The molecule has 6 nitrogen and oxygen atoms in total. The average Bonchev–Trinajstić information content (AvgIpc) is 1.88. The summed E-state index contributed by atoms with van der Waals surface area (Å²) in [5.41, 5.74) is 0. The van der Waals surface area contributed by atoms with Crippen LogP contribution in [-0.4, -0.2) is 47.4 Å². The highest BCUT2D eigenvalue weighted by atomic mass is 16.5. The quantitative estimate of drug-likeness (QED) is 0.0320. The third-order valence-electron chi connectivity index (χ3n) is 21.4. The Labute approximate surface area is 614 Å². The molecule has 0 radical (unpaired) electrons. The lowest BCUT2D eigenvalue weighted by Gasteiger charge is -2.20. The fourth-order valence-corrected chi connectivity index (χ4v) is 14.5. The second kappa shape index (κ2) is 87.5. The van der Waals surface area contributed by atoms with Gasteiger partial charge in [0, 0.05) is 12.8 Å². The van der Waals surface area contributed by atoms with Crippen LogP contribution in [-0.2, 0) is 14.3 Å². The van der Waals surface area contributed by atoms with Crippen LogP contribution < -0.4 is 5.32 Å². The number of carbonyl (C=O) groups is 2. The van der Waals surface area contributed by atoms with Gasteiger partial charge in [0.05, 0.1) is 25.4 Å². The van der Waals surface area contributed by atoms with Crippen molar-refractivity contribution in [3.63, 3.8) is 0 Å². The first-order chi connectivity index (χ1) is 48.5. The van der Waals surface area contributed by atoms with E-state index in [1.165, 1.54) is 449 Å². The summed E-state index contributed by atoms with van der Waals surface area (Å²) in [5.74, 6) is -0.0374. The zero-order valence-corrected chi connectivity index (χ0v) is 66.8. The molecule has 0 saturated carbocycles. The second-order valence-corrected chi connectivity index (χ2v) is 31.3. The summed E-state index contributed by atoms with van der Waals surface area (Å²) < 4.78 is 5.52. The first kappa shape index (κ1) is 96.1. The van der Waals surface area contributed by atoms with Gasteiger partial charge in [0.1, 0.15) is 0 Å². The Morgan fingerprint density at radius 1 is 0.276 bits per heavy atom. The summed E-state index contributed by atoms with van der Waals surface area (Å²) >= 11 is 0. The van der Waals surface area contributed by atoms with Crippen LogP contribution in [0.5, 0.6) is 0 Å². The molecule has 3 N–H and O–H groups in total. The maximum atomic E-state index is 12.6. The van der Waals surface area contributed by atoms with Crippen LogP contribution in [0.4, 0.5) is 0 Å². The molecule has 0 heterocycles. The van der Waals surface area contributed by atoms with Crippen molar-refractivity contribution < 1.29 is 24.5 Å². The number of unbranched alkanes of at least 4 members (excludes halogenated alkanes) is 71. The van der Waals surface area contributed by atoms with E-state index in [-0.39, 0.29) is 18.5 Å². The van der Waals surface area contributed by atoms with Gasteiger partial charge in [-0.2, -0.15) is 0 Å². The number of ether oxygens (including phenoxy) is 1. The molecule has 2 unspecified atom stereocenters. The molecule has 580 valence electrons. The molecule has 1 amide bonds. The minimum Gasteiger partial charge on any atom is -0.466 e. The zero-order valence-electron chi connectivity index (χ0n) is 66.8. The van der Waals surface area contributed by atoms with Crippen molar-refractivity contribution in [1.82, 2.24) is 5.32 Å². The molecule has 0 aromatic rings. The second-order valence-electron chi connectivity index (χ2n) is 31.3. The molecule has 0 aromatic heterocycles. The molecule has 2 atom stereocenters. The molecule has 0 bridgehead atoms. The number of aliphatic hydroxyl groups excluding tert-OH is 2. The minimum atomic E-state index is -0.843. The van der Waals surface area contributed by atoms with Gasteiger partial charge in [-0.1, -0.05) is 455 Å². The number of hydrogen-bond donors (Lipinski definition) is 3. The lowest BCUT2D eigenvalue weighted by molar-refractivity contribution is -0.143. The molecule has 0 fully saturated rings. The molecule has 0 spiro atoms. The predicted octanol–water partition coefficient (Wildman–Crippen LogP) is 30.5. The summed E-state index contributed by atoms with van der Waals surface area (Å²) in [6.07, 6.45) is 116. The van der Waals surface area contributed by atoms with Gasteiger partial charge in [-0.25, -0.2) is 0 Å². The number of esters is 1. The van der Waals surface area contributed by atoms with Gasteiger partial charge in [-0.15, -0.1) is 0 Å². The van der Waals surface area contributed by atoms with Gasteiger partial charge in [0.25, 0.3) is 0 Å². The molecular weight excluding hydrogens is 1200 g/mol. The summed E-state index contributed by atoms with van der Waals surface area (Å²) in [6.45, 7) is 4.96. The van der Waals surface area contributed by atoms with Crippen LogP contribution in [0.25, 0.3) is 0 Å². The van der Waals surface area contributed by atoms with Gasteiger partial charge in [0.15, 0.2) is 0 Å². The Kier molecular flexibility index (Phi) is 85.8. The highest BCUT2D eigenvalue weighted by Gasteiger charge is 2.18. The Hall–Kier alpha value is -1.92. The molecule has 0 saturated heterocycles. The van der Waals surface area contributed by atoms with E-state index in [4.69, 9.17) is 4.74 Å². The molecule has 0 aliphatic rings. The Balaban J connectivity index is 3.34. The molecule has 0 aliphatic carbocycles. The van der Waals surface area contributed by atoms with E-state index in [1.807, 2.05) is 6.08 Å². The zero-order chi connectivity index (χ0) is 70.5. The van der Waals surface area contributed by atoms with Crippen LogP contribution in [0.3, 0.4) is 0 Å². The topological polar surface area (TPSA) is 95.9 Å². The van der Waals surface area contributed by atoms with Gasteiger partial charge < -0.3 is 20.3 Å². The number of carbonyl (C=O) groups excluding carboxylic acids is 2. The molecule has 98 heavy (non-hydrogen) atoms. The van der Waals surface area contributed by atoms with E-state index in [0.717, 1.165) is 38.5 Å². The smallest absolute Gasteiger partial charge is 0.305 e. The van der Waals surface area contributed by atoms with E-state index in [1.54, 1.807) is 6.08 Å². The number of hydrogen-bond acceptors (Lipinski definition) is 5. The predicted molar refractivity (Wildman–Crippen MR) is 435 cm³/mol. The van der Waals surface area contributed by atoms with Crippen LogP contribution in [0, 0.1) is 0 Å².